The highest BCUT2D eigenvalue weighted by Crippen LogP contribution is 2.36. The van der Waals surface area contributed by atoms with E-state index in [0.717, 1.165) is 12.5 Å². The first-order valence-corrected chi connectivity index (χ1v) is 7.69. The Bertz CT molecular complexity index is 279. The van der Waals surface area contributed by atoms with Gasteiger partial charge in [-0.25, -0.2) is 0 Å². The largest absolute Gasteiger partial charge is 0.356 e. The van der Waals surface area contributed by atoms with Gasteiger partial charge >= 0.3 is 0 Å². The molecule has 2 aliphatic carbocycles. The van der Waals surface area contributed by atoms with Gasteiger partial charge in [-0.1, -0.05) is 39.0 Å². The highest BCUT2D eigenvalue weighted by Gasteiger charge is 2.28. The Morgan fingerprint density at radius 3 is 2.32 bits per heavy atom. The molecule has 2 aliphatic rings. The first-order chi connectivity index (χ1) is 8.72. The van der Waals surface area contributed by atoms with E-state index in [9.17, 15) is 0 Å². The normalized spacial score (nSPS) is 23.8. The standard InChI is InChI=1S/C15H29N3.HI/c1-15(10-6-7-11-15)12-17-14(16-2)18-13-8-4-3-5-9-13;/h13H,3-12H2,1-2H3,(H2,16,17,18);1H. The summed E-state index contributed by atoms with van der Waals surface area (Å²) < 4.78 is 0. The van der Waals surface area contributed by atoms with E-state index in [1.807, 2.05) is 7.05 Å². The van der Waals surface area contributed by atoms with Gasteiger partial charge in [-0.3, -0.25) is 4.99 Å². The maximum absolute atomic E-state index is 4.37. The van der Waals surface area contributed by atoms with E-state index < -0.39 is 0 Å². The SMILES string of the molecule is CN=C(NCC1(C)CCCC1)NC1CCCCC1.I. The molecule has 0 aromatic heterocycles. The number of hydrogen-bond donors (Lipinski definition) is 2. The van der Waals surface area contributed by atoms with Gasteiger partial charge in [0.25, 0.3) is 0 Å². The van der Waals surface area contributed by atoms with E-state index in [1.54, 1.807) is 0 Å². The average molecular weight is 379 g/mol. The van der Waals surface area contributed by atoms with Crippen molar-refractivity contribution >= 4 is 29.9 Å². The molecule has 0 aromatic carbocycles. The molecule has 0 aliphatic heterocycles. The Balaban J connectivity index is 0.00000180. The summed E-state index contributed by atoms with van der Waals surface area (Å²) in [6.07, 6.45) is 12.3. The molecule has 2 fully saturated rings. The van der Waals surface area contributed by atoms with Gasteiger partial charge in [-0.15, -0.1) is 24.0 Å². The third-order valence-corrected chi connectivity index (χ3v) is 4.66. The summed E-state index contributed by atoms with van der Waals surface area (Å²) in [6, 6.07) is 0.640. The van der Waals surface area contributed by atoms with Crippen molar-refractivity contribution in [1.82, 2.24) is 10.6 Å². The number of hydrogen-bond acceptors (Lipinski definition) is 1. The molecular formula is C15H30IN3. The van der Waals surface area contributed by atoms with Gasteiger partial charge in [0.2, 0.25) is 0 Å². The first-order valence-electron chi connectivity index (χ1n) is 7.69. The Kier molecular flexibility index (Phi) is 7.47. The molecular weight excluding hydrogens is 349 g/mol. The maximum Gasteiger partial charge on any atom is 0.191 e. The Hall–Kier alpha value is 0. The third kappa shape index (κ3) is 5.48. The van der Waals surface area contributed by atoms with Crippen molar-refractivity contribution in [2.75, 3.05) is 13.6 Å². The van der Waals surface area contributed by atoms with Crippen molar-refractivity contribution < 1.29 is 0 Å². The van der Waals surface area contributed by atoms with E-state index in [-0.39, 0.29) is 24.0 Å². The molecule has 19 heavy (non-hydrogen) atoms. The molecule has 112 valence electrons. The van der Waals surface area contributed by atoms with Crippen LogP contribution in [-0.4, -0.2) is 25.6 Å². The molecule has 2 rings (SSSR count). The van der Waals surface area contributed by atoms with Gasteiger partial charge in [0.05, 0.1) is 0 Å². The molecule has 0 atom stereocenters. The summed E-state index contributed by atoms with van der Waals surface area (Å²) in [7, 11) is 1.88. The predicted octanol–water partition coefficient (Wildman–Crippen LogP) is 3.68. The summed E-state index contributed by atoms with van der Waals surface area (Å²) in [5.74, 6) is 1.01. The average Bonchev–Trinajstić information content (AvgIpc) is 2.83. The highest BCUT2D eigenvalue weighted by molar-refractivity contribution is 14.0. The summed E-state index contributed by atoms with van der Waals surface area (Å²) >= 11 is 0. The summed E-state index contributed by atoms with van der Waals surface area (Å²) in [4.78, 5) is 4.37. The molecule has 0 aromatic rings. The number of halogens is 1. The van der Waals surface area contributed by atoms with Crippen LogP contribution in [0.4, 0.5) is 0 Å². The van der Waals surface area contributed by atoms with E-state index in [2.05, 4.69) is 22.5 Å². The topological polar surface area (TPSA) is 36.4 Å². The molecule has 2 N–H and O–H groups in total. The quantitative estimate of drug-likeness (QED) is 0.446. The zero-order valence-electron chi connectivity index (χ0n) is 12.5. The monoisotopic (exact) mass is 379 g/mol. The van der Waals surface area contributed by atoms with Crippen LogP contribution in [0.2, 0.25) is 0 Å². The van der Waals surface area contributed by atoms with Crippen LogP contribution in [-0.2, 0) is 0 Å². The van der Waals surface area contributed by atoms with Gasteiger partial charge < -0.3 is 10.6 Å². The highest BCUT2D eigenvalue weighted by atomic mass is 127. The van der Waals surface area contributed by atoms with Crippen LogP contribution in [0.3, 0.4) is 0 Å². The third-order valence-electron chi connectivity index (χ3n) is 4.66. The molecule has 0 saturated heterocycles. The van der Waals surface area contributed by atoms with Crippen molar-refractivity contribution in [1.29, 1.82) is 0 Å². The molecule has 0 amide bonds. The van der Waals surface area contributed by atoms with Crippen LogP contribution in [0.25, 0.3) is 0 Å². The lowest BCUT2D eigenvalue weighted by Gasteiger charge is -2.28. The van der Waals surface area contributed by atoms with Gasteiger partial charge in [-0.2, -0.15) is 0 Å². The second-order valence-electron chi connectivity index (χ2n) is 6.42. The van der Waals surface area contributed by atoms with E-state index in [0.29, 0.717) is 11.5 Å². The summed E-state index contributed by atoms with van der Waals surface area (Å²) in [5, 5.41) is 7.12. The van der Waals surface area contributed by atoms with E-state index >= 15 is 0 Å². The molecule has 3 nitrogen and oxygen atoms in total. The molecule has 0 bridgehead atoms. The predicted molar refractivity (Wildman–Crippen MR) is 93.4 cm³/mol. The molecule has 0 radical (unpaired) electrons. The van der Waals surface area contributed by atoms with Crippen molar-refractivity contribution in [3.63, 3.8) is 0 Å². The van der Waals surface area contributed by atoms with Crippen LogP contribution >= 0.6 is 24.0 Å². The van der Waals surface area contributed by atoms with Gasteiger partial charge in [0, 0.05) is 19.6 Å². The molecule has 0 spiro atoms. The minimum Gasteiger partial charge on any atom is -0.356 e. The lowest BCUT2D eigenvalue weighted by Crippen LogP contribution is -2.46. The van der Waals surface area contributed by atoms with Crippen LogP contribution in [0.5, 0.6) is 0 Å². The van der Waals surface area contributed by atoms with Crippen molar-refractivity contribution in [2.24, 2.45) is 10.4 Å². The smallest absolute Gasteiger partial charge is 0.191 e. The lowest BCUT2D eigenvalue weighted by molar-refractivity contribution is 0.331. The van der Waals surface area contributed by atoms with Crippen LogP contribution in [0, 0.1) is 5.41 Å². The Morgan fingerprint density at radius 2 is 1.74 bits per heavy atom. The summed E-state index contributed by atoms with van der Waals surface area (Å²) in [6.45, 7) is 3.47. The Morgan fingerprint density at radius 1 is 1.11 bits per heavy atom. The fraction of sp³-hybridized carbons (Fsp3) is 0.933. The van der Waals surface area contributed by atoms with E-state index in [1.165, 1.54) is 57.8 Å². The van der Waals surface area contributed by atoms with Crippen LogP contribution < -0.4 is 10.6 Å². The summed E-state index contributed by atoms with van der Waals surface area (Å²) in [5.41, 5.74) is 0.490. The fourth-order valence-electron chi connectivity index (χ4n) is 3.34. The number of nitrogens with one attached hydrogen (secondary N) is 2. The number of guanidine groups is 1. The molecule has 2 saturated carbocycles. The fourth-order valence-corrected chi connectivity index (χ4v) is 3.34. The van der Waals surface area contributed by atoms with Gasteiger partial charge in [0.1, 0.15) is 0 Å². The van der Waals surface area contributed by atoms with Crippen molar-refractivity contribution in [3.8, 4) is 0 Å². The minimum absolute atomic E-state index is 0. The zero-order chi connectivity index (χ0) is 12.8. The molecule has 0 heterocycles. The van der Waals surface area contributed by atoms with Gasteiger partial charge in [0.15, 0.2) is 5.96 Å². The van der Waals surface area contributed by atoms with Crippen LogP contribution in [0.1, 0.15) is 64.7 Å². The zero-order valence-corrected chi connectivity index (χ0v) is 14.8. The maximum atomic E-state index is 4.37. The lowest BCUT2D eigenvalue weighted by atomic mass is 9.89. The molecule has 4 heteroatoms. The Labute approximate surface area is 135 Å². The number of rotatable bonds is 3. The second kappa shape index (κ2) is 8.32. The second-order valence-corrected chi connectivity index (χ2v) is 6.42. The first kappa shape index (κ1) is 17.1. The molecule has 0 unspecified atom stereocenters. The van der Waals surface area contributed by atoms with Crippen molar-refractivity contribution in [3.05, 3.63) is 0 Å². The minimum atomic E-state index is 0. The van der Waals surface area contributed by atoms with E-state index in [4.69, 9.17) is 0 Å². The number of nitrogens with zero attached hydrogens (tertiary/aromatic N) is 1. The van der Waals surface area contributed by atoms with Crippen molar-refractivity contribution in [2.45, 2.75) is 70.8 Å². The van der Waals surface area contributed by atoms with Gasteiger partial charge in [-0.05, 0) is 31.1 Å². The van der Waals surface area contributed by atoms with Crippen LogP contribution in [0.15, 0.2) is 4.99 Å². The number of aliphatic imine (C=N–C) groups is 1.